The van der Waals surface area contributed by atoms with Crippen molar-refractivity contribution >= 4 is 52.1 Å². The van der Waals surface area contributed by atoms with E-state index in [1.54, 1.807) is 49.3 Å². The lowest BCUT2D eigenvalue weighted by Gasteiger charge is -2.39. The van der Waals surface area contributed by atoms with Gasteiger partial charge in [0.05, 0.1) is 29.5 Å². The molecule has 0 aliphatic carbocycles. The molecule has 2 aromatic heterocycles. The Hall–Kier alpha value is -3.12. The highest BCUT2D eigenvalue weighted by molar-refractivity contribution is 8.01. The largest absolute Gasteiger partial charge is 0.481 e. The van der Waals surface area contributed by atoms with Crippen molar-refractivity contribution in [1.29, 1.82) is 0 Å². The highest BCUT2D eigenvalue weighted by Crippen LogP contribution is 2.31. The number of ether oxygens (including phenoxy) is 3. The summed E-state index contributed by atoms with van der Waals surface area (Å²) in [5.74, 6) is 0.826. The molecule has 1 aliphatic heterocycles. The summed E-state index contributed by atoms with van der Waals surface area (Å²) in [5.41, 5.74) is 1.54. The van der Waals surface area contributed by atoms with E-state index >= 15 is 0 Å². The topological polar surface area (TPSA) is 101 Å². The molecule has 9 nitrogen and oxygen atoms in total. The van der Waals surface area contributed by atoms with Crippen LogP contribution in [0.1, 0.15) is 57.8 Å². The van der Waals surface area contributed by atoms with E-state index in [-0.39, 0.29) is 12.1 Å². The Morgan fingerprint density at radius 2 is 1.98 bits per heavy atom. The first-order valence-electron chi connectivity index (χ1n) is 15.0. The molecule has 1 N–H and O–H groups in total. The van der Waals surface area contributed by atoms with Gasteiger partial charge in [-0.15, -0.1) is 23.1 Å². The van der Waals surface area contributed by atoms with E-state index in [1.807, 2.05) is 49.9 Å². The van der Waals surface area contributed by atoms with Crippen LogP contribution in [0, 0.1) is 0 Å². The van der Waals surface area contributed by atoms with Gasteiger partial charge in [0.15, 0.2) is 0 Å². The summed E-state index contributed by atoms with van der Waals surface area (Å²) >= 11 is 3.46. The zero-order valence-electron chi connectivity index (χ0n) is 26.2. The van der Waals surface area contributed by atoms with E-state index in [0.29, 0.717) is 36.7 Å². The summed E-state index contributed by atoms with van der Waals surface area (Å²) in [5, 5.41) is 14.3. The summed E-state index contributed by atoms with van der Waals surface area (Å²) in [6.45, 7) is 10.3. The van der Waals surface area contributed by atoms with Crippen LogP contribution in [0.25, 0.3) is 17.0 Å². The number of β-amino-alcohol motifs (C(OH)–C–C–N with tert-alkyl or cyclic N) is 1. The highest BCUT2D eigenvalue weighted by Gasteiger charge is 2.32. The molecule has 1 amide bonds. The number of pyridine rings is 1. The molecule has 1 saturated heterocycles. The van der Waals surface area contributed by atoms with Crippen LogP contribution in [-0.4, -0.2) is 89.2 Å². The monoisotopic (exact) mass is 641 g/mol. The number of benzene rings is 1. The number of hydrogen-bond acceptors (Lipinski definition) is 10. The van der Waals surface area contributed by atoms with Crippen molar-refractivity contribution in [2.24, 2.45) is 0 Å². The van der Waals surface area contributed by atoms with Crippen LogP contribution in [0.3, 0.4) is 0 Å². The predicted octanol–water partition coefficient (Wildman–Crippen LogP) is 6.41. The molecule has 11 heteroatoms. The van der Waals surface area contributed by atoms with Gasteiger partial charge in [-0.1, -0.05) is 18.2 Å². The number of rotatable bonds is 12. The second-order valence-corrected chi connectivity index (χ2v) is 13.9. The molecular weight excluding hydrogens is 599 g/mol. The van der Waals surface area contributed by atoms with Crippen molar-refractivity contribution in [3.63, 3.8) is 0 Å². The van der Waals surface area contributed by atoms with Crippen molar-refractivity contribution in [1.82, 2.24) is 14.8 Å². The lowest BCUT2D eigenvalue weighted by molar-refractivity contribution is -0.137. The minimum atomic E-state index is -0.791. The number of methoxy groups -OCH3 is 1. The first kappa shape index (κ1) is 33.8. The van der Waals surface area contributed by atoms with Crippen molar-refractivity contribution in [2.45, 2.75) is 62.5 Å². The Labute approximate surface area is 268 Å². The number of aromatic nitrogens is 1. The molecule has 0 bridgehead atoms. The van der Waals surface area contributed by atoms with Crippen LogP contribution in [0.2, 0.25) is 0 Å². The SMILES string of the molecule is CCOC(=O)/C=C/c1ccc(C(O)CN2CCC(N(CCSc3cccs3)C(=O)OC(C)(C)C)CC2)c2nc(OC)ccc12. The molecular formula is C33H43N3O6S2. The predicted molar refractivity (Wildman–Crippen MR) is 176 cm³/mol. The molecule has 0 spiro atoms. The maximum absolute atomic E-state index is 13.2. The molecule has 1 unspecified atom stereocenters. The quantitative estimate of drug-likeness (QED) is 0.137. The standard InChI is InChI=1S/C33H43N3O6S2/c1-6-41-29(38)14-10-23-9-11-26(31-25(23)12-13-28(34-31)40-5)27(37)22-35-17-15-24(16-18-35)36(32(39)42-33(2,3)4)19-21-44-30-8-7-20-43-30/h7-14,20,24,27,37H,6,15-19,21-22H2,1-5H3/b14-10+. The second kappa shape index (κ2) is 15.7. The Morgan fingerprint density at radius 3 is 2.64 bits per heavy atom. The van der Waals surface area contributed by atoms with Crippen LogP contribution in [-0.2, 0) is 14.3 Å². The van der Waals surface area contributed by atoms with Gasteiger partial charge in [-0.3, -0.25) is 0 Å². The van der Waals surface area contributed by atoms with Crippen LogP contribution in [0.5, 0.6) is 5.88 Å². The van der Waals surface area contributed by atoms with Crippen molar-refractivity contribution in [3.8, 4) is 5.88 Å². The number of amides is 1. The normalized spacial score (nSPS) is 15.4. The van der Waals surface area contributed by atoms with E-state index in [0.717, 1.165) is 42.6 Å². The smallest absolute Gasteiger partial charge is 0.410 e. The minimum absolute atomic E-state index is 0.0689. The molecule has 1 aliphatic rings. The molecule has 1 aromatic carbocycles. The third-order valence-electron chi connectivity index (χ3n) is 7.28. The summed E-state index contributed by atoms with van der Waals surface area (Å²) in [7, 11) is 1.56. The van der Waals surface area contributed by atoms with Crippen LogP contribution < -0.4 is 4.74 Å². The Kier molecular flexibility index (Phi) is 12.1. The third kappa shape index (κ3) is 9.44. The first-order chi connectivity index (χ1) is 21.1. The lowest BCUT2D eigenvalue weighted by atomic mass is 9.98. The second-order valence-electron chi connectivity index (χ2n) is 11.6. The third-order valence-corrected chi connectivity index (χ3v) is 9.39. The minimum Gasteiger partial charge on any atom is -0.481 e. The molecule has 3 heterocycles. The fourth-order valence-electron chi connectivity index (χ4n) is 5.21. The van der Waals surface area contributed by atoms with Gasteiger partial charge in [-0.2, -0.15) is 0 Å². The maximum Gasteiger partial charge on any atom is 0.410 e. The van der Waals surface area contributed by atoms with Gasteiger partial charge in [0.2, 0.25) is 5.88 Å². The van der Waals surface area contributed by atoms with E-state index in [9.17, 15) is 14.7 Å². The van der Waals surface area contributed by atoms with Crippen LogP contribution >= 0.6 is 23.1 Å². The van der Waals surface area contributed by atoms with E-state index in [2.05, 4.69) is 21.3 Å². The summed E-state index contributed by atoms with van der Waals surface area (Å²) < 4.78 is 17.4. The molecule has 1 fully saturated rings. The number of carbonyl (C=O) groups is 2. The maximum atomic E-state index is 13.2. The number of aliphatic hydroxyl groups is 1. The Bertz CT molecular complexity index is 1410. The van der Waals surface area contributed by atoms with Gasteiger partial charge < -0.3 is 29.1 Å². The van der Waals surface area contributed by atoms with E-state index in [4.69, 9.17) is 14.2 Å². The molecule has 0 saturated carbocycles. The zero-order chi connectivity index (χ0) is 31.7. The average Bonchev–Trinajstić information content (AvgIpc) is 3.51. The summed E-state index contributed by atoms with van der Waals surface area (Å²) in [6.07, 6.45) is 3.61. The molecule has 1 atom stereocenters. The van der Waals surface area contributed by atoms with Crippen molar-refractivity contribution in [3.05, 3.63) is 59.0 Å². The van der Waals surface area contributed by atoms with Gasteiger partial charge in [0, 0.05) is 61.1 Å². The summed E-state index contributed by atoms with van der Waals surface area (Å²) in [4.78, 5) is 33.9. The number of thioether (sulfide) groups is 1. The van der Waals surface area contributed by atoms with Gasteiger partial charge in [-0.25, -0.2) is 14.6 Å². The van der Waals surface area contributed by atoms with Gasteiger partial charge in [0.25, 0.3) is 0 Å². The highest BCUT2D eigenvalue weighted by atomic mass is 32.2. The van der Waals surface area contributed by atoms with Gasteiger partial charge in [-0.05, 0) is 69.7 Å². The summed E-state index contributed by atoms with van der Waals surface area (Å²) in [6, 6.07) is 11.6. The van der Waals surface area contributed by atoms with Gasteiger partial charge >= 0.3 is 12.1 Å². The molecule has 4 rings (SSSR count). The Morgan fingerprint density at radius 1 is 1.20 bits per heavy atom. The number of fused-ring (bicyclic) bond motifs is 1. The van der Waals surface area contributed by atoms with E-state index < -0.39 is 17.7 Å². The van der Waals surface area contributed by atoms with E-state index in [1.165, 1.54) is 10.3 Å². The number of hydrogen-bond donors (Lipinski definition) is 1. The molecule has 3 aromatic rings. The Balaban J connectivity index is 1.43. The van der Waals surface area contributed by atoms with Gasteiger partial charge in [0.1, 0.15) is 5.60 Å². The number of likely N-dealkylation sites (tertiary alicyclic amines) is 1. The number of aliphatic hydroxyl groups excluding tert-OH is 1. The van der Waals surface area contributed by atoms with Crippen molar-refractivity contribution in [2.75, 3.05) is 45.6 Å². The molecule has 44 heavy (non-hydrogen) atoms. The number of thiophene rings is 1. The fourth-order valence-corrected chi connectivity index (χ4v) is 7.01. The lowest BCUT2D eigenvalue weighted by Crippen LogP contribution is -2.50. The fraction of sp³-hybridized carbons (Fsp3) is 0.485. The average molecular weight is 642 g/mol. The zero-order valence-corrected chi connectivity index (χ0v) is 27.8. The number of piperidine rings is 1. The molecule has 238 valence electrons. The number of esters is 1. The number of nitrogens with zero attached hydrogens (tertiary/aromatic N) is 3. The van der Waals surface area contributed by atoms with Crippen LogP contribution in [0.15, 0.2) is 52.1 Å². The molecule has 0 radical (unpaired) electrons. The number of carbonyl (C=O) groups excluding carboxylic acids is 2. The van der Waals surface area contributed by atoms with Crippen LogP contribution in [0.4, 0.5) is 4.79 Å². The first-order valence-corrected chi connectivity index (χ1v) is 16.8. The van der Waals surface area contributed by atoms with Crippen molar-refractivity contribution < 1.29 is 28.9 Å².